The summed E-state index contributed by atoms with van der Waals surface area (Å²) in [5.74, 6) is -1.94. The number of carbonyl (C=O) groups is 1. The lowest BCUT2D eigenvalue weighted by Crippen LogP contribution is -2.57. The second kappa shape index (κ2) is 7.82. The third-order valence-corrected chi connectivity index (χ3v) is 8.08. The molecule has 2 aromatic rings. The van der Waals surface area contributed by atoms with Gasteiger partial charge in [-0.15, -0.1) is 0 Å². The van der Waals surface area contributed by atoms with Crippen LogP contribution >= 0.6 is 0 Å². The molecule has 3 N–H and O–H groups in total. The fourth-order valence-electron chi connectivity index (χ4n) is 4.11. The minimum Gasteiger partial charge on any atom is -0.377 e. The SMILES string of the molecule is CCc1cc(F)ccc1C(=O)Nc1ccc(F)c(C23COCC2S(=O)(=O)N(C)C(N)=N3)c1. The number of anilines is 1. The molecule has 2 atom stereocenters. The minimum atomic E-state index is -3.94. The van der Waals surface area contributed by atoms with E-state index in [-0.39, 0.29) is 36.0 Å². The fraction of sp³-hybridized carbons (Fsp3) is 0.333. The molecule has 0 radical (unpaired) electrons. The van der Waals surface area contributed by atoms with E-state index in [0.29, 0.717) is 12.0 Å². The van der Waals surface area contributed by atoms with Crippen molar-refractivity contribution in [3.63, 3.8) is 0 Å². The van der Waals surface area contributed by atoms with Gasteiger partial charge in [-0.25, -0.2) is 26.5 Å². The largest absolute Gasteiger partial charge is 0.377 e. The van der Waals surface area contributed by atoms with Crippen molar-refractivity contribution >= 4 is 27.6 Å². The zero-order valence-corrected chi connectivity index (χ0v) is 18.2. The summed E-state index contributed by atoms with van der Waals surface area (Å²) in [5.41, 5.74) is 5.24. The summed E-state index contributed by atoms with van der Waals surface area (Å²) in [6.45, 7) is 1.44. The number of fused-ring (bicyclic) bond motifs is 1. The Bertz CT molecular complexity index is 1230. The van der Waals surface area contributed by atoms with Gasteiger partial charge in [0.05, 0.1) is 13.2 Å². The van der Waals surface area contributed by atoms with Crippen LogP contribution in [-0.4, -0.2) is 50.1 Å². The Hall–Kier alpha value is -3.05. The zero-order chi connectivity index (χ0) is 23.3. The molecule has 0 saturated carbocycles. The number of nitrogens with one attached hydrogen (secondary N) is 1. The highest BCUT2D eigenvalue weighted by Crippen LogP contribution is 2.44. The summed E-state index contributed by atoms with van der Waals surface area (Å²) >= 11 is 0. The molecule has 2 aliphatic heterocycles. The number of carbonyl (C=O) groups excluding carboxylic acids is 1. The van der Waals surface area contributed by atoms with Gasteiger partial charge in [-0.1, -0.05) is 6.92 Å². The van der Waals surface area contributed by atoms with Gasteiger partial charge < -0.3 is 15.8 Å². The second-order valence-corrected chi connectivity index (χ2v) is 9.86. The zero-order valence-electron chi connectivity index (χ0n) is 17.4. The molecule has 2 aliphatic rings. The molecule has 1 fully saturated rings. The summed E-state index contributed by atoms with van der Waals surface area (Å²) in [6, 6.07) is 7.65. The maximum absolute atomic E-state index is 15.0. The average molecular weight is 464 g/mol. The van der Waals surface area contributed by atoms with Crippen molar-refractivity contribution < 1.29 is 26.7 Å². The molecule has 2 heterocycles. The highest BCUT2D eigenvalue weighted by molar-refractivity contribution is 7.90. The number of guanidine groups is 1. The van der Waals surface area contributed by atoms with Gasteiger partial charge in [0.2, 0.25) is 16.0 Å². The molecule has 0 spiro atoms. The first-order chi connectivity index (χ1) is 15.1. The first-order valence-corrected chi connectivity index (χ1v) is 11.4. The number of amides is 1. The Balaban J connectivity index is 1.75. The van der Waals surface area contributed by atoms with Crippen LogP contribution in [-0.2, 0) is 26.7 Å². The topological polar surface area (TPSA) is 114 Å². The van der Waals surface area contributed by atoms with Crippen molar-refractivity contribution in [2.45, 2.75) is 24.1 Å². The Kier molecular flexibility index (Phi) is 5.41. The number of aryl methyl sites for hydroxylation is 1. The monoisotopic (exact) mass is 464 g/mol. The van der Waals surface area contributed by atoms with E-state index in [0.717, 1.165) is 10.4 Å². The molecule has 1 saturated heterocycles. The van der Waals surface area contributed by atoms with Crippen LogP contribution in [0.25, 0.3) is 0 Å². The van der Waals surface area contributed by atoms with Crippen LogP contribution in [0.15, 0.2) is 41.4 Å². The van der Waals surface area contributed by atoms with E-state index in [1.807, 2.05) is 0 Å². The molecule has 1 amide bonds. The van der Waals surface area contributed by atoms with Crippen molar-refractivity contribution in [1.29, 1.82) is 0 Å². The van der Waals surface area contributed by atoms with Crippen LogP contribution in [0.2, 0.25) is 0 Å². The molecule has 11 heteroatoms. The van der Waals surface area contributed by atoms with E-state index in [4.69, 9.17) is 10.5 Å². The van der Waals surface area contributed by atoms with Crippen LogP contribution in [0.5, 0.6) is 0 Å². The Morgan fingerprint density at radius 2 is 2.06 bits per heavy atom. The number of sulfonamides is 1. The maximum Gasteiger partial charge on any atom is 0.255 e. The van der Waals surface area contributed by atoms with Gasteiger partial charge in [0.1, 0.15) is 22.4 Å². The van der Waals surface area contributed by atoms with Gasteiger partial charge in [-0.05, 0) is 48.4 Å². The summed E-state index contributed by atoms with van der Waals surface area (Å²) in [4.78, 5) is 17.1. The van der Waals surface area contributed by atoms with E-state index in [2.05, 4.69) is 10.3 Å². The molecule has 0 aliphatic carbocycles. The molecule has 2 aromatic carbocycles. The van der Waals surface area contributed by atoms with Gasteiger partial charge in [0, 0.05) is 23.9 Å². The highest BCUT2D eigenvalue weighted by Gasteiger charge is 2.58. The van der Waals surface area contributed by atoms with Crippen molar-refractivity contribution in [3.05, 3.63) is 64.7 Å². The van der Waals surface area contributed by atoms with Gasteiger partial charge >= 0.3 is 0 Å². The number of hydrogen-bond donors (Lipinski definition) is 2. The third-order valence-electron chi connectivity index (χ3n) is 5.89. The first kappa shape index (κ1) is 22.2. The molecule has 170 valence electrons. The van der Waals surface area contributed by atoms with E-state index in [9.17, 15) is 22.0 Å². The van der Waals surface area contributed by atoms with Crippen molar-refractivity contribution in [2.24, 2.45) is 10.7 Å². The van der Waals surface area contributed by atoms with Crippen molar-refractivity contribution in [1.82, 2.24) is 4.31 Å². The van der Waals surface area contributed by atoms with E-state index in [1.165, 1.54) is 37.4 Å². The van der Waals surface area contributed by atoms with Crippen molar-refractivity contribution in [3.8, 4) is 0 Å². The van der Waals surface area contributed by atoms with E-state index in [1.54, 1.807) is 6.92 Å². The normalized spacial score (nSPS) is 24.1. The molecule has 0 aromatic heterocycles. The van der Waals surface area contributed by atoms with Gasteiger partial charge in [0.15, 0.2) is 0 Å². The predicted octanol–water partition coefficient (Wildman–Crippen LogP) is 1.96. The lowest BCUT2D eigenvalue weighted by atomic mass is 9.88. The molecular weight excluding hydrogens is 442 g/mol. The summed E-state index contributed by atoms with van der Waals surface area (Å²) in [6.07, 6.45) is 0.441. The quantitative estimate of drug-likeness (QED) is 0.718. The summed E-state index contributed by atoms with van der Waals surface area (Å²) in [7, 11) is -2.67. The third kappa shape index (κ3) is 3.41. The number of nitrogens with zero attached hydrogens (tertiary/aromatic N) is 2. The highest BCUT2D eigenvalue weighted by atomic mass is 32.2. The number of benzene rings is 2. The summed E-state index contributed by atoms with van der Waals surface area (Å²) < 4.78 is 60.5. The second-order valence-electron chi connectivity index (χ2n) is 7.71. The lowest BCUT2D eigenvalue weighted by molar-refractivity contribution is 0.102. The smallest absolute Gasteiger partial charge is 0.255 e. The van der Waals surface area contributed by atoms with Crippen LogP contribution < -0.4 is 11.1 Å². The summed E-state index contributed by atoms with van der Waals surface area (Å²) in [5, 5.41) is 1.50. The minimum absolute atomic E-state index is 0.0488. The van der Waals surface area contributed by atoms with Gasteiger partial charge in [-0.2, -0.15) is 0 Å². The fourth-order valence-corrected chi connectivity index (χ4v) is 5.80. The van der Waals surface area contributed by atoms with E-state index < -0.39 is 38.4 Å². The Morgan fingerprint density at radius 1 is 1.31 bits per heavy atom. The number of hydrogen-bond acceptors (Lipinski definition) is 6. The molecule has 0 bridgehead atoms. The average Bonchev–Trinajstić information content (AvgIpc) is 3.19. The number of halogens is 2. The number of nitrogens with two attached hydrogens (primary N) is 1. The number of ether oxygens (including phenoxy) is 1. The molecule has 2 unspecified atom stereocenters. The maximum atomic E-state index is 15.0. The Labute approximate surface area is 184 Å². The van der Waals surface area contributed by atoms with Crippen LogP contribution in [0.3, 0.4) is 0 Å². The Morgan fingerprint density at radius 3 is 2.78 bits per heavy atom. The lowest BCUT2D eigenvalue weighted by Gasteiger charge is -2.38. The van der Waals surface area contributed by atoms with Gasteiger partial charge in [-0.3, -0.25) is 4.79 Å². The molecule has 8 nitrogen and oxygen atoms in total. The number of rotatable bonds is 4. The van der Waals surface area contributed by atoms with Crippen molar-refractivity contribution in [2.75, 3.05) is 25.6 Å². The predicted molar refractivity (Wildman–Crippen MR) is 115 cm³/mol. The number of aliphatic imine (C=N–C) groups is 1. The van der Waals surface area contributed by atoms with Crippen LogP contribution in [0, 0.1) is 11.6 Å². The van der Waals surface area contributed by atoms with Gasteiger partial charge in [0.25, 0.3) is 5.91 Å². The molecular formula is C21H22F2N4O4S. The first-order valence-electron chi connectivity index (χ1n) is 9.90. The molecule has 32 heavy (non-hydrogen) atoms. The molecule has 4 rings (SSSR count). The van der Waals surface area contributed by atoms with E-state index >= 15 is 0 Å². The van der Waals surface area contributed by atoms with Crippen LogP contribution in [0.1, 0.15) is 28.4 Å². The standard InChI is InChI=1S/C21H22F2N4O4S/c1-3-12-8-13(22)4-6-15(12)19(28)25-14-5-7-17(23)16(9-14)21-11-31-10-18(21)32(29,30)27(2)20(24)26-21/h4-9,18H,3,10-11H2,1-2H3,(H2,24,26)(H,25,28). The van der Waals surface area contributed by atoms with Crippen LogP contribution in [0.4, 0.5) is 14.5 Å².